The third kappa shape index (κ3) is 3.18. The molecule has 0 amide bonds. The highest BCUT2D eigenvalue weighted by Gasteiger charge is 2.21. The van der Waals surface area contributed by atoms with Crippen molar-refractivity contribution in [3.05, 3.63) is 35.7 Å². The van der Waals surface area contributed by atoms with Crippen LogP contribution in [0.5, 0.6) is 0 Å². The van der Waals surface area contributed by atoms with Gasteiger partial charge in [0.25, 0.3) is 0 Å². The van der Waals surface area contributed by atoms with Crippen molar-refractivity contribution in [3.8, 4) is 0 Å². The summed E-state index contributed by atoms with van der Waals surface area (Å²) < 4.78 is 2.29. The summed E-state index contributed by atoms with van der Waals surface area (Å²) in [5.74, 6) is 1.92. The first kappa shape index (κ1) is 14.3. The van der Waals surface area contributed by atoms with Crippen LogP contribution in [0, 0.1) is 5.92 Å². The van der Waals surface area contributed by atoms with Gasteiger partial charge in [0.15, 0.2) is 0 Å². The van der Waals surface area contributed by atoms with Crippen LogP contribution in [0.1, 0.15) is 44.3 Å². The van der Waals surface area contributed by atoms with E-state index in [1.165, 1.54) is 23.5 Å². The Labute approximate surface area is 126 Å². The van der Waals surface area contributed by atoms with Crippen LogP contribution in [0.25, 0.3) is 0 Å². The largest absolute Gasteiger partial charge is 0.335 e. The quantitative estimate of drug-likeness (QED) is 0.907. The van der Waals surface area contributed by atoms with Crippen LogP contribution in [-0.2, 0) is 24.9 Å². The highest BCUT2D eigenvalue weighted by atomic mass is 15.1. The second-order valence-corrected chi connectivity index (χ2v) is 7.05. The highest BCUT2D eigenvalue weighted by molar-refractivity contribution is 5.23. The average molecular weight is 287 g/mol. The topological polar surface area (TPSA) is 58.5 Å². The van der Waals surface area contributed by atoms with Crippen LogP contribution in [0.4, 0.5) is 0 Å². The van der Waals surface area contributed by atoms with Gasteiger partial charge in [-0.1, -0.05) is 20.8 Å². The molecule has 2 N–H and O–H groups in total. The van der Waals surface area contributed by atoms with Gasteiger partial charge in [-0.2, -0.15) is 5.10 Å². The highest BCUT2D eigenvalue weighted by Crippen LogP contribution is 2.23. The molecule has 0 aliphatic carbocycles. The molecule has 0 fully saturated rings. The van der Waals surface area contributed by atoms with Crippen molar-refractivity contribution in [2.45, 2.75) is 52.1 Å². The molecule has 5 heteroatoms. The number of hydrogen-bond acceptors (Lipinski definition) is 3. The Balaban J connectivity index is 1.52. The van der Waals surface area contributed by atoms with E-state index >= 15 is 0 Å². The SMILES string of the molecule is CC(C)(C)c1[nH]ncc1CNC[C@@H]1CCc2nccn2C1. The van der Waals surface area contributed by atoms with Gasteiger partial charge in [-0.3, -0.25) is 5.10 Å². The molecule has 0 radical (unpaired) electrons. The van der Waals surface area contributed by atoms with E-state index in [0.29, 0.717) is 5.92 Å². The van der Waals surface area contributed by atoms with Crippen molar-refractivity contribution in [1.29, 1.82) is 0 Å². The van der Waals surface area contributed by atoms with Crippen LogP contribution in [0.3, 0.4) is 0 Å². The van der Waals surface area contributed by atoms with E-state index in [4.69, 9.17) is 0 Å². The minimum absolute atomic E-state index is 0.115. The monoisotopic (exact) mass is 287 g/mol. The van der Waals surface area contributed by atoms with Gasteiger partial charge in [-0.15, -0.1) is 0 Å². The molecule has 2 aromatic heterocycles. The molecule has 0 bridgehead atoms. The number of nitrogens with zero attached hydrogens (tertiary/aromatic N) is 3. The minimum atomic E-state index is 0.115. The molecule has 2 aromatic rings. The van der Waals surface area contributed by atoms with E-state index in [1.54, 1.807) is 0 Å². The lowest BCUT2D eigenvalue weighted by atomic mass is 9.89. The zero-order valence-corrected chi connectivity index (χ0v) is 13.2. The van der Waals surface area contributed by atoms with Crippen molar-refractivity contribution < 1.29 is 0 Å². The molecular weight excluding hydrogens is 262 g/mol. The van der Waals surface area contributed by atoms with Gasteiger partial charge in [0, 0.05) is 48.6 Å². The summed E-state index contributed by atoms with van der Waals surface area (Å²) in [5, 5.41) is 10.9. The van der Waals surface area contributed by atoms with Crippen molar-refractivity contribution >= 4 is 0 Å². The Kier molecular flexibility index (Phi) is 3.85. The first-order chi connectivity index (χ1) is 10.0. The van der Waals surface area contributed by atoms with Gasteiger partial charge in [0.2, 0.25) is 0 Å². The van der Waals surface area contributed by atoms with Crippen molar-refractivity contribution in [2.24, 2.45) is 5.92 Å². The van der Waals surface area contributed by atoms with Gasteiger partial charge in [0.1, 0.15) is 5.82 Å². The number of aromatic nitrogens is 4. The summed E-state index contributed by atoms with van der Waals surface area (Å²) in [6.45, 7) is 9.66. The Morgan fingerprint density at radius 3 is 3.10 bits per heavy atom. The van der Waals surface area contributed by atoms with E-state index in [1.807, 2.05) is 12.4 Å². The van der Waals surface area contributed by atoms with Crippen LogP contribution >= 0.6 is 0 Å². The van der Waals surface area contributed by atoms with Gasteiger partial charge in [-0.25, -0.2) is 4.98 Å². The summed E-state index contributed by atoms with van der Waals surface area (Å²) >= 11 is 0. The molecule has 114 valence electrons. The van der Waals surface area contributed by atoms with Crippen LogP contribution in [0.15, 0.2) is 18.6 Å². The molecule has 21 heavy (non-hydrogen) atoms. The number of aryl methyl sites for hydroxylation is 1. The minimum Gasteiger partial charge on any atom is -0.335 e. The molecular formula is C16H25N5. The van der Waals surface area contributed by atoms with E-state index in [0.717, 1.165) is 26.1 Å². The van der Waals surface area contributed by atoms with E-state index in [2.05, 4.69) is 52.0 Å². The van der Waals surface area contributed by atoms with Gasteiger partial charge in [0.05, 0.1) is 6.20 Å². The van der Waals surface area contributed by atoms with Gasteiger partial charge in [-0.05, 0) is 18.9 Å². The molecule has 0 aromatic carbocycles. The summed E-state index contributed by atoms with van der Waals surface area (Å²) in [6, 6.07) is 0. The lowest BCUT2D eigenvalue weighted by molar-refractivity contribution is 0.347. The predicted octanol–water partition coefficient (Wildman–Crippen LogP) is 2.26. The third-order valence-corrected chi connectivity index (χ3v) is 4.25. The Hall–Kier alpha value is -1.62. The van der Waals surface area contributed by atoms with Crippen LogP contribution in [0.2, 0.25) is 0 Å². The fraction of sp³-hybridized carbons (Fsp3) is 0.625. The van der Waals surface area contributed by atoms with Crippen LogP contribution < -0.4 is 5.32 Å². The number of imidazole rings is 1. The lowest BCUT2D eigenvalue weighted by Gasteiger charge is -2.24. The Morgan fingerprint density at radius 1 is 1.43 bits per heavy atom. The second kappa shape index (κ2) is 5.64. The molecule has 1 aliphatic heterocycles. The summed E-state index contributed by atoms with van der Waals surface area (Å²) in [6.07, 6.45) is 8.27. The molecule has 0 unspecified atom stereocenters. The molecule has 5 nitrogen and oxygen atoms in total. The summed E-state index contributed by atoms with van der Waals surface area (Å²) in [7, 11) is 0. The average Bonchev–Trinajstić information content (AvgIpc) is 3.05. The lowest BCUT2D eigenvalue weighted by Crippen LogP contribution is -2.30. The number of fused-ring (bicyclic) bond motifs is 1. The Bertz CT molecular complexity index is 590. The number of aromatic amines is 1. The molecule has 1 aliphatic rings. The predicted molar refractivity (Wildman–Crippen MR) is 83.0 cm³/mol. The maximum absolute atomic E-state index is 4.38. The normalized spacial score (nSPS) is 18.7. The van der Waals surface area contributed by atoms with E-state index < -0.39 is 0 Å². The van der Waals surface area contributed by atoms with Crippen LogP contribution in [-0.4, -0.2) is 26.3 Å². The molecule has 0 saturated carbocycles. The third-order valence-electron chi connectivity index (χ3n) is 4.25. The first-order valence-corrected chi connectivity index (χ1v) is 7.77. The maximum Gasteiger partial charge on any atom is 0.108 e. The first-order valence-electron chi connectivity index (χ1n) is 7.77. The van der Waals surface area contributed by atoms with Crippen molar-refractivity contribution in [1.82, 2.24) is 25.1 Å². The molecule has 1 atom stereocenters. The summed E-state index contributed by atoms with van der Waals surface area (Å²) in [4.78, 5) is 4.38. The molecule has 0 saturated heterocycles. The molecule has 0 spiro atoms. The number of rotatable bonds is 4. The van der Waals surface area contributed by atoms with Gasteiger partial charge < -0.3 is 9.88 Å². The van der Waals surface area contributed by atoms with Crippen molar-refractivity contribution in [3.63, 3.8) is 0 Å². The second-order valence-electron chi connectivity index (χ2n) is 7.05. The smallest absolute Gasteiger partial charge is 0.108 e. The van der Waals surface area contributed by atoms with E-state index in [-0.39, 0.29) is 5.41 Å². The number of H-pyrrole nitrogens is 1. The maximum atomic E-state index is 4.38. The zero-order chi connectivity index (χ0) is 14.9. The van der Waals surface area contributed by atoms with Gasteiger partial charge >= 0.3 is 0 Å². The number of hydrogen-bond donors (Lipinski definition) is 2. The number of nitrogens with one attached hydrogen (secondary N) is 2. The fourth-order valence-corrected chi connectivity index (χ4v) is 3.11. The van der Waals surface area contributed by atoms with Crippen molar-refractivity contribution in [2.75, 3.05) is 6.54 Å². The summed E-state index contributed by atoms with van der Waals surface area (Å²) in [5.41, 5.74) is 2.63. The zero-order valence-electron chi connectivity index (χ0n) is 13.2. The standard InChI is InChI=1S/C16H25N5/c1-16(2,3)15-13(10-19-20-15)9-17-8-12-4-5-14-18-6-7-21(14)11-12/h6-7,10,12,17H,4-5,8-9,11H2,1-3H3,(H,19,20)/t12-/m0/s1. The molecule has 3 heterocycles. The van der Waals surface area contributed by atoms with E-state index in [9.17, 15) is 0 Å². The Morgan fingerprint density at radius 2 is 2.29 bits per heavy atom. The fourth-order valence-electron chi connectivity index (χ4n) is 3.11. The molecule has 3 rings (SSSR count).